The van der Waals surface area contributed by atoms with Gasteiger partial charge in [-0.2, -0.15) is 0 Å². The summed E-state index contributed by atoms with van der Waals surface area (Å²) in [4.78, 5) is 18.1. The molecule has 5 rings (SSSR count). The number of nitrogens with zero attached hydrogens (tertiary/aromatic N) is 1. The van der Waals surface area contributed by atoms with Crippen LogP contribution >= 0.6 is 23.2 Å². The van der Waals surface area contributed by atoms with Crippen LogP contribution in [0.2, 0.25) is 10.0 Å². The van der Waals surface area contributed by atoms with Gasteiger partial charge in [0, 0.05) is 21.2 Å². The monoisotopic (exact) mass is 686 g/mol. The molecule has 250 valence electrons. The number of amides is 1. The van der Waals surface area contributed by atoms with Gasteiger partial charge >= 0.3 is 0 Å². The van der Waals surface area contributed by atoms with Gasteiger partial charge in [0.1, 0.15) is 56.1 Å². The van der Waals surface area contributed by atoms with Gasteiger partial charge in [-0.25, -0.2) is 4.39 Å². The molecule has 16 heteroatoms. The Kier molecular flexibility index (Phi) is 10.7. The van der Waals surface area contributed by atoms with E-state index in [9.17, 15) is 34.7 Å². The smallest absolute Gasteiger partial charge is 0.247 e. The molecule has 2 aromatic rings. The van der Waals surface area contributed by atoms with Crippen LogP contribution < -0.4 is 10.1 Å². The Morgan fingerprint density at radius 1 is 1.04 bits per heavy atom. The third kappa shape index (κ3) is 7.25. The lowest BCUT2D eigenvalue weighted by Gasteiger charge is -2.41. The lowest BCUT2D eigenvalue weighted by molar-refractivity contribution is -0.155. The van der Waals surface area contributed by atoms with Crippen LogP contribution in [0.3, 0.4) is 0 Å². The van der Waals surface area contributed by atoms with Crippen molar-refractivity contribution in [1.82, 2.24) is 5.32 Å². The first-order chi connectivity index (χ1) is 21.8. The molecule has 2 aliphatic heterocycles. The zero-order chi connectivity index (χ0) is 33.3. The quantitative estimate of drug-likeness (QED) is 0.128. The number of oxime groups is 1. The number of aliphatic hydroxyl groups excluding tert-OH is 4. The minimum atomic E-state index is -1.99. The highest BCUT2D eigenvalue weighted by molar-refractivity contribution is 6.35. The van der Waals surface area contributed by atoms with Gasteiger partial charge in [0.15, 0.2) is 17.7 Å². The number of benzene rings is 2. The van der Waals surface area contributed by atoms with Crippen molar-refractivity contribution in [1.29, 1.82) is 0 Å². The number of nitrogens with one attached hydrogen (secondary N) is 1. The van der Waals surface area contributed by atoms with Crippen LogP contribution in [0.25, 0.3) is 6.08 Å². The fraction of sp³-hybridized carbons (Fsp3) is 0.467. The maximum atomic E-state index is 14.9. The summed E-state index contributed by atoms with van der Waals surface area (Å²) in [5, 5.41) is 59.6. The summed E-state index contributed by atoms with van der Waals surface area (Å²) in [6.07, 6.45) is -11.1. The highest BCUT2D eigenvalue weighted by atomic mass is 35.5. The van der Waals surface area contributed by atoms with Crippen LogP contribution in [-0.2, 0) is 30.4 Å². The Bertz CT molecular complexity index is 1500. The third-order valence-electron chi connectivity index (χ3n) is 7.90. The molecule has 6 N–H and O–H groups in total. The number of carbonyl (C=O) groups is 1. The number of phenols is 1. The third-order valence-corrected chi connectivity index (χ3v) is 8.49. The zero-order valence-corrected chi connectivity index (χ0v) is 26.0. The van der Waals surface area contributed by atoms with Crippen molar-refractivity contribution in [3.05, 3.63) is 63.1 Å². The van der Waals surface area contributed by atoms with Gasteiger partial charge in [-0.3, -0.25) is 4.79 Å². The molecule has 0 bridgehead atoms. The van der Waals surface area contributed by atoms with E-state index in [1.165, 1.54) is 38.1 Å². The Labute approximate surface area is 272 Å². The number of hydrogen-bond acceptors (Lipinski definition) is 12. The number of ether oxygens (including phenoxy) is 4. The molecule has 0 spiro atoms. The van der Waals surface area contributed by atoms with Crippen LogP contribution in [0, 0.1) is 0 Å². The second-order valence-corrected chi connectivity index (χ2v) is 12.0. The van der Waals surface area contributed by atoms with Gasteiger partial charge < -0.3 is 54.6 Å². The molecule has 2 aromatic carbocycles. The number of alkyl halides is 1. The fourth-order valence-electron chi connectivity index (χ4n) is 5.35. The Balaban J connectivity index is 1.18. The van der Waals surface area contributed by atoms with E-state index in [1.807, 2.05) is 0 Å². The summed E-state index contributed by atoms with van der Waals surface area (Å²) in [6, 6.07) is 7.67. The van der Waals surface area contributed by atoms with Gasteiger partial charge in [-0.05, 0) is 49.8 Å². The summed E-state index contributed by atoms with van der Waals surface area (Å²) < 4.78 is 36.5. The molecule has 1 aliphatic carbocycles. The first-order valence-corrected chi connectivity index (χ1v) is 15.0. The molecule has 0 unspecified atom stereocenters. The van der Waals surface area contributed by atoms with E-state index in [0.29, 0.717) is 21.2 Å². The normalized spacial score (nSPS) is 33.1. The van der Waals surface area contributed by atoms with E-state index >= 15 is 0 Å². The van der Waals surface area contributed by atoms with Crippen molar-refractivity contribution in [3.8, 4) is 11.5 Å². The van der Waals surface area contributed by atoms with E-state index < -0.39 is 72.9 Å². The Hall–Kier alpha value is -3.05. The summed E-state index contributed by atoms with van der Waals surface area (Å²) in [5.41, 5.74) is 1.24. The molecule has 0 radical (unpaired) electrons. The number of rotatable bonds is 9. The van der Waals surface area contributed by atoms with Crippen molar-refractivity contribution in [3.63, 3.8) is 0 Å². The van der Waals surface area contributed by atoms with Crippen LogP contribution in [0.4, 0.5) is 4.39 Å². The molecule has 1 saturated carbocycles. The standard InChI is InChI=1S/C30H33Cl2FN2O11/c1-12(29(41)34-21-23(38)25(40)28-27(24(21)39)42-11-43-28)7-14-3-6-19(18(36)8-14)45-30-20(33)22(37)26(46-30)13(2)35-44-10-15-4-5-16(31)9-17(15)32/h3-9,20-28,30,36-40H,10-11H2,1-2H3,(H,34,41)/t20-,21+,22-,23-,24+,25+,26+,27-,28+,30+/m0/s1. The molecule has 2 heterocycles. The van der Waals surface area contributed by atoms with Crippen molar-refractivity contribution in [2.45, 2.75) is 81.7 Å². The highest BCUT2D eigenvalue weighted by Gasteiger charge is 2.53. The van der Waals surface area contributed by atoms with Crippen LogP contribution in [-0.4, -0.2) is 105 Å². The van der Waals surface area contributed by atoms with E-state index in [0.717, 1.165) is 0 Å². The molecule has 13 nitrogen and oxygen atoms in total. The molecular weight excluding hydrogens is 654 g/mol. The lowest BCUT2D eigenvalue weighted by atomic mass is 9.83. The summed E-state index contributed by atoms with van der Waals surface area (Å²) in [5.74, 6) is -1.22. The van der Waals surface area contributed by atoms with Gasteiger partial charge in [0.05, 0.1) is 11.8 Å². The molecule has 46 heavy (non-hydrogen) atoms. The van der Waals surface area contributed by atoms with Crippen molar-refractivity contribution >= 4 is 40.9 Å². The first kappa shape index (κ1) is 34.3. The summed E-state index contributed by atoms with van der Waals surface area (Å²) in [6.45, 7) is 2.77. The number of phenolic OH excluding ortho intramolecular Hbond substituents is 1. The van der Waals surface area contributed by atoms with Gasteiger partial charge in [-0.15, -0.1) is 0 Å². The predicted molar refractivity (Wildman–Crippen MR) is 161 cm³/mol. The minimum absolute atomic E-state index is 0.0101. The topological polar surface area (TPSA) is 189 Å². The molecule has 3 aliphatic rings. The molecule has 2 saturated heterocycles. The van der Waals surface area contributed by atoms with E-state index in [-0.39, 0.29) is 30.4 Å². The average Bonchev–Trinajstić information content (AvgIpc) is 3.62. The van der Waals surface area contributed by atoms with Gasteiger partial charge in [-0.1, -0.05) is 40.5 Å². The van der Waals surface area contributed by atoms with Crippen molar-refractivity contribution in [2.24, 2.45) is 5.16 Å². The van der Waals surface area contributed by atoms with Gasteiger partial charge in [0.2, 0.25) is 12.2 Å². The van der Waals surface area contributed by atoms with Crippen LogP contribution in [0.5, 0.6) is 11.5 Å². The van der Waals surface area contributed by atoms with Crippen molar-refractivity contribution < 1.29 is 58.5 Å². The zero-order valence-electron chi connectivity index (χ0n) is 24.5. The number of aliphatic hydroxyl groups is 4. The number of aromatic hydroxyl groups is 1. The van der Waals surface area contributed by atoms with Crippen molar-refractivity contribution in [2.75, 3.05) is 6.79 Å². The van der Waals surface area contributed by atoms with E-state index in [2.05, 4.69) is 10.5 Å². The number of fused-ring (bicyclic) bond motifs is 1. The lowest BCUT2D eigenvalue weighted by Crippen LogP contribution is -2.67. The number of hydrogen-bond donors (Lipinski definition) is 6. The SMILES string of the molecule is CC(=Cc1ccc(O[C@@H]2O[C@H](C(C)=NOCc3ccc(Cl)cc3Cl)[C@@H](O)[C@@H]2F)c(O)c1)C(=O)N[C@@H]1[C@H](O)[C@@H](O)[C@H]2OCO[C@H]2[C@@H]1O. The largest absolute Gasteiger partial charge is 0.504 e. The number of carbonyl (C=O) groups excluding carboxylic acids is 1. The predicted octanol–water partition coefficient (Wildman–Crippen LogP) is 1.82. The molecule has 10 atom stereocenters. The number of halogens is 3. The summed E-state index contributed by atoms with van der Waals surface area (Å²) >= 11 is 12.0. The molecule has 3 fully saturated rings. The maximum absolute atomic E-state index is 14.9. The molecule has 1 amide bonds. The average molecular weight is 688 g/mol. The Morgan fingerprint density at radius 3 is 2.46 bits per heavy atom. The highest BCUT2D eigenvalue weighted by Crippen LogP contribution is 2.34. The molecule has 0 aromatic heterocycles. The Morgan fingerprint density at radius 2 is 1.76 bits per heavy atom. The second-order valence-electron chi connectivity index (χ2n) is 11.1. The van der Waals surface area contributed by atoms with E-state index in [4.69, 9.17) is 47.0 Å². The summed E-state index contributed by atoms with van der Waals surface area (Å²) in [7, 11) is 0. The molecular formula is C30H33Cl2FN2O11. The van der Waals surface area contributed by atoms with Crippen LogP contribution in [0.1, 0.15) is 25.0 Å². The maximum Gasteiger partial charge on any atom is 0.247 e. The van der Waals surface area contributed by atoms with Crippen LogP contribution in [0.15, 0.2) is 47.1 Å². The van der Waals surface area contributed by atoms with Gasteiger partial charge in [0.25, 0.3) is 0 Å². The second kappa shape index (κ2) is 14.4. The minimum Gasteiger partial charge on any atom is -0.504 e. The van der Waals surface area contributed by atoms with E-state index in [1.54, 1.807) is 18.2 Å². The fourth-order valence-corrected chi connectivity index (χ4v) is 5.81. The first-order valence-electron chi connectivity index (χ1n) is 14.2.